The SMILES string of the molecule is COc1ccc(-c2ccncc2)c(CC(=O)O)n1. The van der Waals surface area contributed by atoms with Crippen molar-refractivity contribution in [2.45, 2.75) is 6.42 Å². The van der Waals surface area contributed by atoms with Gasteiger partial charge < -0.3 is 9.84 Å². The fourth-order valence-electron chi connectivity index (χ4n) is 1.67. The minimum absolute atomic E-state index is 0.144. The number of methoxy groups -OCH3 is 1. The third kappa shape index (κ3) is 2.63. The van der Waals surface area contributed by atoms with Crippen LogP contribution in [0.4, 0.5) is 0 Å². The van der Waals surface area contributed by atoms with Gasteiger partial charge in [0.1, 0.15) is 0 Å². The van der Waals surface area contributed by atoms with Crippen LogP contribution in [0.2, 0.25) is 0 Å². The monoisotopic (exact) mass is 244 g/mol. The maximum atomic E-state index is 10.9. The largest absolute Gasteiger partial charge is 0.481 e. The molecule has 0 saturated heterocycles. The van der Waals surface area contributed by atoms with Gasteiger partial charge in [-0.05, 0) is 23.8 Å². The van der Waals surface area contributed by atoms with Crippen molar-refractivity contribution in [3.8, 4) is 17.0 Å². The number of hydrogen-bond acceptors (Lipinski definition) is 4. The summed E-state index contributed by atoms with van der Waals surface area (Å²) in [4.78, 5) is 19.0. The van der Waals surface area contributed by atoms with Crippen LogP contribution in [0.25, 0.3) is 11.1 Å². The van der Waals surface area contributed by atoms with Gasteiger partial charge >= 0.3 is 5.97 Å². The number of ether oxygens (including phenoxy) is 1. The van der Waals surface area contributed by atoms with Crippen molar-refractivity contribution in [2.24, 2.45) is 0 Å². The molecule has 18 heavy (non-hydrogen) atoms. The maximum absolute atomic E-state index is 10.9. The van der Waals surface area contributed by atoms with E-state index in [1.54, 1.807) is 24.5 Å². The molecule has 0 saturated carbocycles. The number of aliphatic carboxylic acids is 1. The molecule has 2 aromatic rings. The lowest BCUT2D eigenvalue weighted by molar-refractivity contribution is -0.136. The zero-order valence-corrected chi connectivity index (χ0v) is 9.83. The van der Waals surface area contributed by atoms with Gasteiger partial charge in [0.05, 0.1) is 19.2 Å². The van der Waals surface area contributed by atoms with Crippen molar-refractivity contribution >= 4 is 5.97 Å². The maximum Gasteiger partial charge on any atom is 0.309 e. The predicted octanol–water partition coefficient (Wildman–Crippen LogP) is 1.78. The normalized spacial score (nSPS) is 10.1. The molecule has 0 radical (unpaired) electrons. The molecule has 92 valence electrons. The topological polar surface area (TPSA) is 72.3 Å². The van der Waals surface area contributed by atoms with Crippen molar-refractivity contribution in [2.75, 3.05) is 7.11 Å². The van der Waals surface area contributed by atoms with Gasteiger partial charge in [-0.2, -0.15) is 0 Å². The first-order valence-electron chi connectivity index (χ1n) is 5.37. The molecule has 0 aromatic carbocycles. The standard InChI is InChI=1S/C13H12N2O3/c1-18-12-3-2-10(9-4-6-14-7-5-9)11(15-12)8-13(16)17/h2-7H,8H2,1H3,(H,16,17). The van der Waals surface area contributed by atoms with Crippen LogP contribution in [0.5, 0.6) is 5.88 Å². The van der Waals surface area contributed by atoms with Crippen LogP contribution in [-0.2, 0) is 11.2 Å². The third-order valence-electron chi connectivity index (χ3n) is 2.47. The molecule has 0 amide bonds. The Morgan fingerprint density at radius 3 is 2.61 bits per heavy atom. The molecule has 0 unspecified atom stereocenters. The second-order valence-electron chi connectivity index (χ2n) is 3.65. The Bertz CT molecular complexity index is 555. The van der Waals surface area contributed by atoms with Crippen LogP contribution in [0.3, 0.4) is 0 Å². The Morgan fingerprint density at radius 1 is 1.28 bits per heavy atom. The Balaban J connectivity index is 2.49. The summed E-state index contributed by atoms with van der Waals surface area (Å²) in [6, 6.07) is 7.14. The number of hydrogen-bond donors (Lipinski definition) is 1. The van der Waals surface area contributed by atoms with Crippen LogP contribution >= 0.6 is 0 Å². The third-order valence-corrected chi connectivity index (χ3v) is 2.47. The van der Waals surface area contributed by atoms with E-state index in [0.29, 0.717) is 11.6 Å². The number of pyridine rings is 2. The molecule has 2 heterocycles. The van der Waals surface area contributed by atoms with Gasteiger partial charge in [0.2, 0.25) is 5.88 Å². The first-order chi connectivity index (χ1) is 8.70. The van der Waals surface area contributed by atoms with Crippen LogP contribution in [-0.4, -0.2) is 28.2 Å². The van der Waals surface area contributed by atoms with Gasteiger partial charge in [-0.3, -0.25) is 9.78 Å². The summed E-state index contributed by atoms with van der Waals surface area (Å²) in [6.07, 6.45) is 3.17. The molecule has 0 atom stereocenters. The highest BCUT2D eigenvalue weighted by Crippen LogP contribution is 2.24. The van der Waals surface area contributed by atoms with Crippen LogP contribution in [0.1, 0.15) is 5.69 Å². The molecule has 0 aliphatic heterocycles. The fourth-order valence-corrected chi connectivity index (χ4v) is 1.67. The molecule has 2 aromatic heterocycles. The van der Waals surface area contributed by atoms with E-state index >= 15 is 0 Å². The highest BCUT2D eigenvalue weighted by Gasteiger charge is 2.11. The minimum Gasteiger partial charge on any atom is -0.481 e. The van der Waals surface area contributed by atoms with E-state index < -0.39 is 5.97 Å². The van der Waals surface area contributed by atoms with E-state index in [-0.39, 0.29) is 6.42 Å². The Hall–Kier alpha value is -2.43. The van der Waals surface area contributed by atoms with Gasteiger partial charge in [0.25, 0.3) is 0 Å². The van der Waals surface area contributed by atoms with Crippen molar-refractivity contribution in [3.63, 3.8) is 0 Å². The quantitative estimate of drug-likeness (QED) is 0.887. The van der Waals surface area contributed by atoms with Crippen molar-refractivity contribution in [1.82, 2.24) is 9.97 Å². The van der Waals surface area contributed by atoms with Crippen LogP contribution in [0, 0.1) is 0 Å². The highest BCUT2D eigenvalue weighted by atomic mass is 16.5. The van der Waals surface area contributed by atoms with E-state index in [0.717, 1.165) is 11.1 Å². The second-order valence-corrected chi connectivity index (χ2v) is 3.65. The van der Waals surface area contributed by atoms with Gasteiger partial charge in [-0.15, -0.1) is 0 Å². The minimum atomic E-state index is -0.925. The molecule has 5 heteroatoms. The first-order valence-corrected chi connectivity index (χ1v) is 5.37. The van der Waals surface area contributed by atoms with E-state index in [9.17, 15) is 4.79 Å². The Morgan fingerprint density at radius 2 is 2.00 bits per heavy atom. The van der Waals surface area contributed by atoms with Gasteiger partial charge in [-0.1, -0.05) is 0 Å². The molecule has 5 nitrogen and oxygen atoms in total. The summed E-state index contributed by atoms with van der Waals surface area (Å²) in [6.45, 7) is 0. The molecule has 2 rings (SSSR count). The van der Waals surface area contributed by atoms with Gasteiger partial charge in [0, 0.05) is 24.0 Å². The Labute approximate surface area is 104 Å². The summed E-state index contributed by atoms with van der Waals surface area (Å²) in [5, 5.41) is 8.91. The number of rotatable bonds is 4. The lowest BCUT2D eigenvalue weighted by Gasteiger charge is -2.08. The summed E-state index contributed by atoms with van der Waals surface area (Å²) in [5.74, 6) is -0.518. The summed E-state index contributed by atoms with van der Waals surface area (Å²) in [5.41, 5.74) is 2.14. The zero-order chi connectivity index (χ0) is 13.0. The van der Waals surface area contributed by atoms with Crippen molar-refractivity contribution in [1.29, 1.82) is 0 Å². The second kappa shape index (κ2) is 5.27. The lowest BCUT2D eigenvalue weighted by atomic mass is 10.0. The molecule has 0 aliphatic rings. The molecule has 0 fully saturated rings. The molecular weight excluding hydrogens is 232 g/mol. The molecule has 0 spiro atoms. The smallest absolute Gasteiger partial charge is 0.309 e. The number of carboxylic acids is 1. The van der Waals surface area contributed by atoms with E-state index in [1.165, 1.54) is 7.11 Å². The highest BCUT2D eigenvalue weighted by molar-refractivity contribution is 5.75. The van der Waals surface area contributed by atoms with Gasteiger partial charge in [-0.25, -0.2) is 4.98 Å². The number of carbonyl (C=O) groups is 1. The van der Waals surface area contributed by atoms with Crippen LogP contribution in [0.15, 0.2) is 36.7 Å². The first kappa shape index (κ1) is 12.0. The fraction of sp³-hybridized carbons (Fsp3) is 0.154. The summed E-state index contributed by atoms with van der Waals surface area (Å²) in [7, 11) is 1.50. The van der Waals surface area contributed by atoms with E-state index in [1.807, 2.05) is 12.1 Å². The van der Waals surface area contributed by atoms with Crippen LogP contribution < -0.4 is 4.74 Å². The number of nitrogens with zero attached hydrogens (tertiary/aromatic N) is 2. The number of carboxylic acid groups (broad SMARTS) is 1. The predicted molar refractivity (Wildman–Crippen MR) is 65.4 cm³/mol. The molecular formula is C13H12N2O3. The lowest BCUT2D eigenvalue weighted by Crippen LogP contribution is -2.05. The van der Waals surface area contributed by atoms with E-state index in [4.69, 9.17) is 9.84 Å². The number of aromatic nitrogens is 2. The zero-order valence-electron chi connectivity index (χ0n) is 9.83. The molecule has 0 aliphatic carbocycles. The molecule has 0 bridgehead atoms. The average molecular weight is 244 g/mol. The van der Waals surface area contributed by atoms with E-state index in [2.05, 4.69) is 9.97 Å². The summed E-state index contributed by atoms with van der Waals surface area (Å²) < 4.78 is 5.01. The Kier molecular flexibility index (Phi) is 3.52. The van der Waals surface area contributed by atoms with Crippen molar-refractivity contribution in [3.05, 3.63) is 42.4 Å². The summed E-state index contributed by atoms with van der Waals surface area (Å²) >= 11 is 0. The molecule has 1 N–H and O–H groups in total. The van der Waals surface area contributed by atoms with Crippen molar-refractivity contribution < 1.29 is 14.6 Å². The average Bonchev–Trinajstić information content (AvgIpc) is 2.39. The van der Waals surface area contributed by atoms with Gasteiger partial charge in [0.15, 0.2) is 0 Å².